The average Bonchev–Trinajstić information content (AvgIpc) is 3.13. The summed E-state index contributed by atoms with van der Waals surface area (Å²) < 4.78 is 0. The SMILES string of the molecule is CC(=O)N1C[C@H]2CN(Cc3cccc(Cl)c3)C[C@H]2[C@H]1c1ccccc1C. The smallest absolute Gasteiger partial charge is 0.219 e. The molecule has 2 aliphatic heterocycles. The largest absolute Gasteiger partial charge is 0.335 e. The van der Waals surface area contributed by atoms with Crippen LogP contribution in [0.2, 0.25) is 5.02 Å². The van der Waals surface area contributed by atoms with Gasteiger partial charge in [0.15, 0.2) is 0 Å². The van der Waals surface area contributed by atoms with E-state index in [4.69, 9.17) is 11.6 Å². The summed E-state index contributed by atoms with van der Waals surface area (Å²) in [5.74, 6) is 1.23. The van der Waals surface area contributed by atoms with Crippen LogP contribution >= 0.6 is 11.6 Å². The standard InChI is InChI=1S/C22H25ClN2O/c1-15-6-3-4-9-20(15)22-21-14-24(11-17-7-5-8-19(23)10-17)12-18(21)13-25(22)16(2)26/h3-10,18,21-22H,11-14H2,1-2H3/t18-,21-,22-/m1/s1. The number of nitrogens with zero attached hydrogens (tertiary/aromatic N) is 2. The molecule has 0 spiro atoms. The number of carbonyl (C=O) groups excluding carboxylic acids is 1. The molecule has 4 heteroatoms. The lowest BCUT2D eigenvalue weighted by Gasteiger charge is -2.30. The zero-order valence-electron chi connectivity index (χ0n) is 15.4. The Balaban J connectivity index is 1.57. The van der Waals surface area contributed by atoms with Gasteiger partial charge in [-0.15, -0.1) is 0 Å². The normalized spacial score (nSPS) is 25.5. The summed E-state index contributed by atoms with van der Waals surface area (Å²) in [5.41, 5.74) is 3.84. The molecule has 2 heterocycles. The molecule has 0 bridgehead atoms. The van der Waals surface area contributed by atoms with E-state index >= 15 is 0 Å². The molecule has 136 valence electrons. The van der Waals surface area contributed by atoms with Crippen LogP contribution in [0.15, 0.2) is 48.5 Å². The predicted octanol–water partition coefficient (Wildman–Crippen LogP) is 4.30. The minimum absolute atomic E-state index is 0.189. The van der Waals surface area contributed by atoms with Crippen LogP contribution < -0.4 is 0 Å². The zero-order chi connectivity index (χ0) is 18.3. The Hall–Kier alpha value is -1.84. The van der Waals surface area contributed by atoms with Crippen LogP contribution in [0.5, 0.6) is 0 Å². The lowest BCUT2D eigenvalue weighted by atomic mass is 9.87. The predicted molar refractivity (Wildman–Crippen MR) is 105 cm³/mol. The van der Waals surface area contributed by atoms with Crippen molar-refractivity contribution in [3.8, 4) is 0 Å². The first-order chi connectivity index (χ1) is 12.5. The van der Waals surface area contributed by atoms with Crippen molar-refractivity contribution in [1.29, 1.82) is 0 Å². The maximum atomic E-state index is 12.3. The molecule has 26 heavy (non-hydrogen) atoms. The molecular weight excluding hydrogens is 344 g/mol. The summed E-state index contributed by atoms with van der Waals surface area (Å²) >= 11 is 6.14. The number of benzene rings is 2. The molecular formula is C22H25ClN2O. The second-order valence-electron chi connectivity index (χ2n) is 7.72. The van der Waals surface area contributed by atoms with Crippen molar-refractivity contribution in [2.45, 2.75) is 26.4 Å². The zero-order valence-corrected chi connectivity index (χ0v) is 16.1. The summed E-state index contributed by atoms with van der Waals surface area (Å²) in [6.45, 7) is 7.72. The molecule has 0 radical (unpaired) electrons. The monoisotopic (exact) mass is 368 g/mol. The van der Waals surface area contributed by atoms with Gasteiger partial charge in [0.25, 0.3) is 0 Å². The molecule has 3 atom stereocenters. The molecule has 1 amide bonds. The number of hydrogen-bond acceptors (Lipinski definition) is 2. The molecule has 0 aromatic heterocycles. The Kier molecular flexibility index (Phi) is 4.76. The lowest BCUT2D eigenvalue weighted by molar-refractivity contribution is -0.130. The molecule has 4 rings (SSSR count). The van der Waals surface area contributed by atoms with E-state index in [9.17, 15) is 4.79 Å². The van der Waals surface area contributed by atoms with E-state index in [0.717, 1.165) is 31.2 Å². The van der Waals surface area contributed by atoms with Crippen molar-refractivity contribution in [3.63, 3.8) is 0 Å². The van der Waals surface area contributed by atoms with E-state index in [-0.39, 0.29) is 11.9 Å². The van der Waals surface area contributed by atoms with Crippen molar-refractivity contribution in [3.05, 3.63) is 70.2 Å². The van der Waals surface area contributed by atoms with Crippen LogP contribution in [0.4, 0.5) is 0 Å². The summed E-state index contributed by atoms with van der Waals surface area (Å²) in [6, 6.07) is 16.8. The molecule has 2 aromatic rings. The molecule has 2 fully saturated rings. The Bertz CT molecular complexity index is 821. The Morgan fingerprint density at radius 1 is 1.12 bits per heavy atom. The van der Waals surface area contributed by atoms with Gasteiger partial charge in [0.05, 0.1) is 6.04 Å². The Labute approximate surface area is 160 Å². The van der Waals surface area contributed by atoms with E-state index in [2.05, 4.69) is 53.1 Å². The van der Waals surface area contributed by atoms with Gasteiger partial charge in [-0.05, 0) is 41.7 Å². The number of aryl methyl sites for hydroxylation is 1. The van der Waals surface area contributed by atoms with Crippen molar-refractivity contribution in [2.75, 3.05) is 19.6 Å². The van der Waals surface area contributed by atoms with Crippen LogP contribution in [0.1, 0.15) is 29.7 Å². The number of hydrogen-bond donors (Lipinski definition) is 0. The number of carbonyl (C=O) groups is 1. The maximum absolute atomic E-state index is 12.3. The molecule has 2 saturated heterocycles. The number of amides is 1. The van der Waals surface area contributed by atoms with Crippen LogP contribution in [0.25, 0.3) is 0 Å². The first-order valence-corrected chi connectivity index (χ1v) is 9.70. The third kappa shape index (κ3) is 3.26. The van der Waals surface area contributed by atoms with Crippen LogP contribution in [0, 0.1) is 18.8 Å². The number of likely N-dealkylation sites (tertiary alicyclic amines) is 2. The molecule has 0 N–H and O–H groups in total. The second kappa shape index (κ2) is 7.05. The topological polar surface area (TPSA) is 23.6 Å². The summed E-state index contributed by atoms with van der Waals surface area (Å²) in [6.07, 6.45) is 0. The van der Waals surface area contributed by atoms with Gasteiger partial charge in [0.2, 0.25) is 5.91 Å². The summed E-state index contributed by atoms with van der Waals surface area (Å²) in [4.78, 5) is 16.9. The minimum atomic E-state index is 0.189. The van der Waals surface area contributed by atoms with E-state index in [1.54, 1.807) is 6.92 Å². The second-order valence-corrected chi connectivity index (χ2v) is 8.16. The third-order valence-corrected chi connectivity index (χ3v) is 6.18. The summed E-state index contributed by atoms with van der Waals surface area (Å²) in [5, 5.41) is 0.794. The molecule has 0 unspecified atom stereocenters. The molecule has 2 aromatic carbocycles. The minimum Gasteiger partial charge on any atom is -0.335 e. The highest BCUT2D eigenvalue weighted by atomic mass is 35.5. The van der Waals surface area contributed by atoms with Gasteiger partial charge in [-0.25, -0.2) is 0 Å². The number of rotatable bonds is 3. The van der Waals surface area contributed by atoms with E-state index in [1.807, 2.05) is 12.1 Å². The highest BCUT2D eigenvalue weighted by Crippen LogP contribution is 2.46. The highest BCUT2D eigenvalue weighted by molar-refractivity contribution is 6.30. The highest BCUT2D eigenvalue weighted by Gasteiger charge is 2.48. The fourth-order valence-corrected chi connectivity index (χ4v) is 5.01. The van der Waals surface area contributed by atoms with Gasteiger partial charge in [-0.3, -0.25) is 9.69 Å². The van der Waals surface area contributed by atoms with Crippen LogP contribution in [0.3, 0.4) is 0 Å². The molecule has 3 nitrogen and oxygen atoms in total. The Morgan fingerprint density at radius 2 is 1.92 bits per heavy atom. The fourth-order valence-electron chi connectivity index (χ4n) is 4.80. The molecule has 0 saturated carbocycles. The van der Waals surface area contributed by atoms with Crippen molar-refractivity contribution >= 4 is 17.5 Å². The lowest BCUT2D eigenvalue weighted by Crippen LogP contribution is -2.34. The van der Waals surface area contributed by atoms with Crippen molar-refractivity contribution < 1.29 is 4.79 Å². The van der Waals surface area contributed by atoms with Crippen LogP contribution in [-0.2, 0) is 11.3 Å². The van der Waals surface area contributed by atoms with Gasteiger partial charge in [0.1, 0.15) is 0 Å². The average molecular weight is 369 g/mol. The van der Waals surface area contributed by atoms with Gasteiger partial charge in [-0.1, -0.05) is 48.0 Å². The maximum Gasteiger partial charge on any atom is 0.219 e. The first kappa shape index (κ1) is 17.6. The van der Waals surface area contributed by atoms with E-state index in [1.165, 1.54) is 16.7 Å². The third-order valence-electron chi connectivity index (χ3n) is 5.95. The van der Waals surface area contributed by atoms with Crippen molar-refractivity contribution in [2.24, 2.45) is 11.8 Å². The van der Waals surface area contributed by atoms with E-state index < -0.39 is 0 Å². The quantitative estimate of drug-likeness (QED) is 0.806. The fraction of sp³-hybridized carbons (Fsp3) is 0.409. The number of fused-ring (bicyclic) bond motifs is 1. The number of halogens is 1. The first-order valence-electron chi connectivity index (χ1n) is 9.32. The Morgan fingerprint density at radius 3 is 2.65 bits per heavy atom. The van der Waals surface area contributed by atoms with Gasteiger partial charge in [-0.2, -0.15) is 0 Å². The summed E-state index contributed by atoms with van der Waals surface area (Å²) in [7, 11) is 0. The van der Waals surface area contributed by atoms with Crippen molar-refractivity contribution in [1.82, 2.24) is 9.80 Å². The van der Waals surface area contributed by atoms with Gasteiger partial charge in [0, 0.05) is 44.0 Å². The van der Waals surface area contributed by atoms with Gasteiger partial charge < -0.3 is 4.90 Å². The molecule has 2 aliphatic rings. The van der Waals surface area contributed by atoms with Crippen LogP contribution in [-0.4, -0.2) is 35.3 Å². The van der Waals surface area contributed by atoms with E-state index in [0.29, 0.717) is 11.8 Å². The molecule has 0 aliphatic carbocycles. The van der Waals surface area contributed by atoms with Gasteiger partial charge >= 0.3 is 0 Å².